The van der Waals surface area contributed by atoms with Crippen LogP contribution in [-0.2, 0) is 17.9 Å². The SMILES string of the molecule is O=C1CCCN1C(O)CCN(Cc1cccc2ccccc12)Cc1cccc2ccccc12. The third kappa shape index (κ3) is 4.77. The van der Waals surface area contributed by atoms with E-state index in [4.69, 9.17) is 0 Å². The van der Waals surface area contributed by atoms with E-state index in [1.807, 2.05) is 0 Å². The normalized spacial score (nSPS) is 15.1. The van der Waals surface area contributed by atoms with Gasteiger partial charge in [-0.15, -0.1) is 0 Å². The summed E-state index contributed by atoms with van der Waals surface area (Å²) in [7, 11) is 0. The first-order valence-electron chi connectivity index (χ1n) is 11.8. The van der Waals surface area contributed by atoms with E-state index < -0.39 is 6.23 Å². The fourth-order valence-electron chi connectivity index (χ4n) is 4.99. The zero-order chi connectivity index (χ0) is 22.6. The Balaban J connectivity index is 1.41. The van der Waals surface area contributed by atoms with E-state index in [0.29, 0.717) is 25.9 Å². The Labute approximate surface area is 195 Å². The number of aliphatic hydroxyl groups excluding tert-OH is 1. The van der Waals surface area contributed by atoms with Crippen molar-refractivity contribution in [3.63, 3.8) is 0 Å². The van der Waals surface area contributed by atoms with Crippen LogP contribution in [-0.4, -0.2) is 40.1 Å². The Morgan fingerprint density at radius 3 is 1.88 bits per heavy atom. The molecule has 4 heteroatoms. The third-order valence-electron chi connectivity index (χ3n) is 6.72. The summed E-state index contributed by atoms with van der Waals surface area (Å²) in [6, 6.07) is 29.9. The van der Waals surface area contributed by atoms with Crippen LogP contribution in [0.2, 0.25) is 0 Å². The molecule has 1 unspecified atom stereocenters. The Morgan fingerprint density at radius 1 is 0.788 bits per heavy atom. The highest BCUT2D eigenvalue weighted by atomic mass is 16.3. The second-order valence-electron chi connectivity index (χ2n) is 8.95. The minimum absolute atomic E-state index is 0.0668. The number of hydrogen-bond donors (Lipinski definition) is 1. The van der Waals surface area contributed by atoms with Gasteiger partial charge in [0.2, 0.25) is 5.91 Å². The molecule has 0 aromatic heterocycles. The second kappa shape index (κ2) is 9.74. The van der Waals surface area contributed by atoms with Crippen LogP contribution in [0, 0.1) is 0 Å². The molecule has 4 aromatic rings. The van der Waals surface area contributed by atoms with Gasteiger partial charge in [0.05, 0.1) is 0 Å². The number of hydrogen-bond acceptors (Lipinski definition) is 3. The van der Waals surface area contributed by atoms with Crippen LogP contribution in [0.15, 0.2) is 84.9 Å². The molecule has 1 aliphatic heterocycles. The van der Waals surface area contributed by atoms with E-state index >= 15 is 0 Å². The number of nitrogens with zero attached hydrogens (tertiary/aromatic N) is 2. The van der Waals surface area contributed by atoms with E-state index in [-0.39, 0.29) is 5.91 Å². The molecule has 0 bridgehead atoms. The van der Waals surface area contributed by atoms with Crippen LogP contribution in [0.4, 0.5) is 0 Å². The number of carbonyl (C=O) groups is 1. The first-order valence-corrected chi connectivity index (χ1v) is 11.8. The molecule has 1 saturated heterocycles. The van der Waals surface area contributed by atoms with Gasteiger partial charge in [0, 0.05) is 39.0 Å². The number of benzene rings is 4. The van der Waals surface area contributed by atoms with Crippen LogP contribution in [0.25, 0.3) is 21.5 Å². The molecule has 1 atom stereocenters. The van der Waals surface area contributed by atoms with Gasteiger partial charge in [0.1, 0.15) is 6.23 Å². The Bertz CT molecular complexity index is 1180. The molecule has 0 aliphatic carbocycles. The van der Waals surface area contributed by atoms with Crippen molar-refractivity contribution in [1.29, 1.82) is 0 Å². The Hall–Kier alpha value is -3.21. The van der Waals surface area contributed by atoms with Gasteiger partial charge in [0.25, 0.3) is 0 Å². The van der Waals surface area contributed by atoms with Crippen LogP contribution in [0.5, 0.6) is 0 Å². The fraction of sp³-hybridized carbons (Fsp3) is 0.276. The van der Waals surface area contributed by atoms with Gasteiger partial charge in [-0.05, 0) is 39.1 Å². The Morgan fingerprint density at radius 2 is 1.33 bits per heavy atom. The van der Waals surface area contributed by atoms with Crippen LogP contribution in [0.1, 0.15) is 30.4 Å². The minimum Gasteiger partial charge on any atom is -0.373 e. The van der Waals surface area contributed by atoms with Gasteiger partial charge in [-0.1, -0.05) is 84.9 Å². The smallest absolute Gasteiger partial charge is 0.224 e. The highest BCUT2D eigenvalue weighted by Crippen LogP contribution is 2.24. The molecule has 1 heterocycles. The first-order chi connectivity index (χ1) is 16.2. The van der Waals surface area contributed by atoms with Crippen molar-refractivity contribution in [3.05, 3.63) is 96.1 Å². The van der Waals surface area contributed by atoms with Gasteiger partial charge >= 0.3 is 0 Å². The average molecular weight is 439 g/mol. The molecule has 0 spiro atoms. The number of carbonyl (C=O) groups excluding carboxylic acids is 1. The standard InChI is InChI=1S/C29H30N2O2/c32-28-16-7-18-31(28)29(33)17-19-30(20-24-12-5-10-22-8-1-3-14-26(22)24)21-25-13-6-11-23-9-2-4-15-27(23)25/h1-6,8-15,29,33H,7,16-21H2. The van der Waals surface area contributed by atoms with E-state index in [2.05, 4.69) is 89.8 Å². The van der Waals surface area contributed by atoms with Crippen molar-refractivity contribution in [2.45, 2.75) is 38.6 Å². The lowest BCUT2D eigenvalue weighted by atomic mass is 10.0. The zero-order valence-corrected chi connectivity index (χ0v) is 18.9. The predicted molar refractivity (Wildman–Crippen MR) is 134 cm³/mol. The maximum absolute atomic E-state index is 12.1. The van der Waals surface area contributed by atoms with Gasteiger partial charge in [-0.3, -0.25) is 9.69 Å². The molecule has 1 fully saturated rings. The van der Waals surface area contributed by atoms with Crippen molar-refractivity contribution >= 4 is 27.5 Å². The van der Waals surface area contributed by atoms with Crippen LogP contribution < -0.4 is 0 Å². The average Bonchev–Trinajstić information content (AvgIpc) is 3.28. The molecule has 168 valence electrons. The summed E-state index contributed by atoms with van der Waals surface area (Å²) in [6.07, 6.45) is 1.21. The molecule has 33 heavy (non-hydrogen) atoms. The molecule has 4 aromatic carbocycles. The van der Waals surface area contributed by atoms with Crippen LogP contribution >= 0.6 is 0 Å². The van der Waals surface area contributed by atoms with Crippen LogP contribution in [0.3, 0.4) is 0 Å². The molecular weight excluding hydrogens is 408 g/mol. The summed E-state index contributed by atoms with van der Waals surface area (Å²) in [5.74, 6) is 0.0668. The van der Waals surface area contributed by atoms with Crippen molar-refractivity contribution in [3.8, 4) is 0 Å². The van der Waals surface area contributed by atoms with Gasteiger partial charge < -0.3 is 10.0 Å². The predicted octanol–water partition coefficient (Wildman–Crippen LogP) is 5.33. The van der Waals surface area contributed by atoms with Crippen molar-refractivity contribution in [1.82, 2.24) is 9.80 Å². The van der Waals surface area contributed by atoms with Crippen molar-refractivity contribution in [2.75, 3.05) is 13.1 Å². The lowest BCUT2D eigenvalue weighted by Crippen LogP contribution is -2.38. The molecule has 1 aliphatic rings. The molecule has 0 saturated carbocycles. The van der Waals surface area contributed by atoms with Gasteiger partial charge in [0.15, 0.2) is 0 Å². The maximum Gasteiger partial charge on any atom is 0.224 e. The van der Waals surface area contributed by atoms with E-state index in [1.54, 1.807) is 4.90 Å². The summed E-state index contributed by atoms with van der Waals surface area (Å²) >= 11 is 0. The van der Waals surface area contributed by atoms with Gasteiger partial charge in [-0.2, -0.15) is 0 Å². The van der Waals surface area contributed by atoms with E-state index in [9.17, 15) is 9.90 Å². The number of aliphatic hydroxyl groups is 1. The summed E-state index contributed by atoms with van der Waals surface area (Å²) in [5.41, 5.74) is 2.56. The van der Waals surface area contributed by atoms with Crippen molar-refractivity contribution in [2.24, 2.45) is 0 Å². The number of amides is 1. The van der Waals surface area contributed by atoms with E-state index in [1.165, 1.54) is 32.7 Å². The van der Waals surface area contributed by atoms with Gasteiger partial charge in [-0.25, -0.2) is 0 Å². The summed E-state index contributed by atoms with van der Waals surface area (Å²) in [4.78, 5) is 16.1. The summed E-state index contributed by atoms with van der Waals surface area (Å²) < 4.78 is 0. The number of likely N-dealkylation sites (tertiary alicyclic amines) is 1. The largest absolute Gasteiger partial charge is 0.373 e. The molecule has 5 rings (SSSR count). The third-order valence-corrected chi connectivity index (χ3v) is 6.72. The molecular formula is C29H30N2O2. The van der Waals surface area contributed by atoms with E-state index in [0.717, 1.165) is 19.5 Å². The summed E-state index contributed by atoms with van der Waals surface area (Å²) in [6.45, 7) is 2.93. The number of fused-ring (bicyclic) bond motifs is 2. The molecule has 1 amide bonds. The lowest BCUT2D eigenvalue weighted by Gasteiger charge is -2.28. The number of rotatable bonds is 8. The molecule has 1 N–H and O–H groups in total. The highest BCUT2D eigenvalue weighted by molar-refractivity contribution is 5.86. The topological polar surface area (TPSA) is 43.8 Å². The van der Waals surface area contributed by atoms with Crippen molar-refractivity contribution < 1.29 is 9.90 Å². The molecule has 4 nitrogen and oxygen atoms in total. The maximum atomic E-state index is 12.1. The Kier molecular flexibility index (Phi) is 6.38. The monoisotopic (exact) mass is 438 g/mol. The minimum atomic E-state index is -0.720. The molecule has 0 radical (unpaired) electrons. The lowest BCUT2D eigenvalue weighted by molar-refractivity contribution is -0.136. The summed E-state index contributed by atoms with van der Waals surface area (Å²) in [5, 5.41) is 15.7. The quantitative estimate of drug-likeness (QED) is 0.405. The fourth-order valence-corrected chi connectivity index (χ4v) is 4.99. The highest BCUT2D eigenvalue weighted by Gasteiger charge is 2.26. The first kappa shape index (κ1) is 21.6. The second-order valence-corrected chi connectivity index (χ2v) is 8.95. The zero-order valence-electron chi connectivity index (χ0n) is 18.9.